The van der Waals surface area contributed by atoms with Crippen molar-refractivity contribution in [3.8, 4) is 0 Å². The van der Waals surface area contributed by atoms with Gasteiger partial charge in [-0.1, -0.05) is 19.8 Å². The molecular weight excluding hydrogens is 186 g/mol. The molecule has 2 nitrogen and oxygen atoms in total. The van der Waals surface area contributed by atoms with Crippen LogP contribution < -0.4 is 5.32 Å². The summed E-state index contributed by atoms with van der Waals surface area (Å²) in [6.45, 7) is 4.50. The third-order valence-electron chi connectivity index (χ3n) is 3.54. The van der Waals surface area contributed by atoms with Crippen molar-refractivity contribution >= 4 is 0 Å². The van der Waals surface area contributed by atoms with Gasteiger partial charge >= 0.3 is 0 Å². The molecule has 0 aliphatic heterocycles. The fourth-order valence-corrected chi connectivity index (χ4v) is 2.46. The molecule has 0 aromatic heterocycles. The van der Waals surface area contributed by atoms with Crippen molar-refractivity contribution in [2.45, 2.75) is 57.9 Å². The number of unbranched alkanes of at least 4 members (excludes halogenated alkanes) is 2. The van der Waals surface area contributed by atoms with E-state index in [2.05, 4.69) is 12.2 Å². The van der Waals surface area contributed by atoms with E-state index >= 15 is 0 Å². The highest BCUT2D eigenvalue weighted by atomic mass is 16.5. The van der Waals surface area contributed by atoms with Crippen LogP contribution in [0.25, 0.3) is 0 Å². The smallest absolute Gasteiger partial charge is 0.0462 e. The Morgan fingerprint density at radius 2 is 1.93 bits per heavy atom. The highest BCUT2D eigenvalue weighted by Crippen LogP contribution is 2.23. The number of nitrogens with one attached hydrogen (secondary N) is 1. The maximum absolute atomic E-state index is 5.04. The molecule has 0 aromatic rings. The van der Waals surface area contributed by atoms with Crippen LogP contribution in [0.15, 0.2) is 0 Å². The van der Waals surface area contributed by atoms with Crippen molar-refractivity contribution in [2.75, 3.05) is 20.3 Å². The van der Waals surface area contributed by atoms with Crippen molar-refractivity contribution in [3.05, 3.63) is 0 Å². The minimum Gasteiger partial charge on any atom is -0.385 e. The molecule has 2 heteroatoms. The van der Waals surface area contributed by atoms with Crippen molar-refractivity contribution in [1.29, 1.82) is 0 Å². The molecular formula is C13H27NO. The van der Waals surface area contributed by atoms with Gasteiger partial charge in [-0.25, -0.2) is 0 Å². The molecule has 0 heterocycles. The van der Waals surface area contributed by atoms with Crippen LogP contribution >= 0.6 is 0 Å². The van der Waals surface area contributed by atoms with E-state index in [1.54, 1.807) is 7.11 Å². The molecule has 0 spiro atoms. The molecule has 1 aliphatic rings. The summed E-state index contributed by atoms with van der Waals surface area (Å²) in [6.07, 6.45) is 9.46. The van der Waals surface area contributed by atoms with Gasteiger partial charge in [-0.2, -0.15) is 0 Å². The van der Waals surface area contributed by atoms with Gasteiger partial charge in [0.2, 0.25) is 0 Å². The average molecular weight is 213 g/mol. The lowest BCUT2D eigenvalue weighted by Crippen LogP contribution is -2.37. The van der Waals surface area contributed by atoms with E-state index in [9.17, 15) is 0 Å². The van der Waals surface area contributed by atoms with Crippen LogP contribution in [0.1, 0.15) is 51.9 Å². The Labute approximate surface area is 94.8 Å². The first-order valence-electron chi connectivity index (χ1n) is 6.57. The SMILES string of the molecule is COCCCCCNC1CCCCC1C. The van der Waals surface area contributed by atoms with Gasteiger partial charge < -0.3 is 10.1 Å². The summed E-state index contributed by atoms with van der Waals surface area (Å²) in [6, 6.07) is 0.793. The summed E-state index contributed by atoms with van der Waals surface area (Å²) in [5.74, 6) is 0.887. The van der Waals surface area contributed by atoms with Gasteiger partial charge in [0.05, 0.1) is 0 Å². The van der Waals surface area contributed by atoms with E-state index in [0.717, 1.165) is 18.6 Å². The Balaban J connectivity index is 1.94. The fraction of sp³-hybridized carbons (Fsp3) is 1.00. The Morgan fingerprint density at radius 1 is 1.13 bits per heavy atom. The molecule has 0 amide bonds. The molecule has 90 valence electrons. The van der Waals surface area contributed by atoms with Gasteiger partial charge in [0, 0.05) is 19.8 Å². The van der Waals surface area contributed by atoms with Crippen molar-refractivity contribution in [3.63, 3.8) is 0 Å². The summed E-state index contributed by atoms with van der Waals surface area (Å²) in [5, 5.41) is 3.71. The van der Waals surface area contributed by atoms with Crippen LogP contribution in [0, 0.1) is 5.92 Å². The molecule has 15 heavy (non-hydrogen) atoms. The van der Waals surface area contributed by atoms with Crippen LogP contribution in [-0.4, -0.2) is 26.3 Å². The Hall–Kier alpha value is -0.0800. The number of ether oxygens (including phenoxy) is 1. The lowest BCUT2D eigenvalue weighted by molar-refractivity contribution is 0.191. The van der Waals surface area contributed by atoms with Gasteiger partial charge in [0.1, 0.15) is 0 Å². The first-order chi connectivity index (χ1) is 7.34. The summed E-state index contributed by atoms with van der Waals surface area (Å²) in [4.78, 5) is 0. The topological polar surface area (TPSA) is 21.3 Å². The van der Waals surface area contributed by atoms with E-state index < -0.39 is 0 Å². The summed E-state index contributed by atoms with van der Waals surface area (Å²) < 4.78 is 5.04. The van der Waals surface area contributed by atoms with Gasteiger partial charge in [0.25, 0.3) is 0 Å². The molecule has 0 aromatic carbocycles. The average Bonchev–Trinajstić information content (AvgIpc) is 2.25. The predicted molar refractivity (Wildman–Crippen MR) is 65.1 cm³/mol. The number of hydrogen-bond acceptors (Lipinski definition) is 2. The third-order valence-corrected chi connectivity index (χ3v) is 3.54. The quantitative estimate of drug-likeness (QED) is 0.656. The van der Waals surface area contributed by atoms with Crippen LogP contribution in [0.5, 0.6) is 0 Å². The molecule has 2 unspecified atom stereocenters. The fourth-order valence-electron chi connectivity index (χ4n) is 2.46. The minimum atomic E-state index is 0.793. The van der Waals surface area contributed by atoms with E-state index in [1.165, 1.54) is 51.5 Å². The molecule has 1 rings (SSSR count). The Bertz CT molecular complexity index is 149. The van der Waals surface area contributed by atoms with Crippen molar-refractivity contribution in [1.82, 2.24) is 5.32 Å². The first kappa shape index (κ1) is 13.0. The second-order valence-electron chi connectivity index (χ2n) is 4.88. The van der Waals surface area contributed by atoms with Gasteiger partial charge in [-0.15, -0.1) is 0 Å². The second kappa shape index (κ2) is 8.12. The van der Waals surface area contributed by atoms with Crippen LogP contribution in [0.2, 0.25) is 0 Å². The van der Waals surface area contributed by atoms with Gasteiger partial charge in [-0.05, 0) is 44.6 Å². The summed E-state index contributed by atoms with van der Waals surface area (Å²) in [7, 11) is 1.78. The molecule has 1 aliphatic carbocycles. The van der Waals surface area contributed by atoms with E-state index in [0.29, 0.717) is 0 Å². The van der Waals surface area contributed by atoms with E-state index in [-0.39, 0.29) is 0 Å². The molecule has 1 saturated carbocycles. The van der Waals surface area contributed by atoms with Crippen molar-refractivity contribution in [2.24, 2.45) is 5.92 Å². The predicted octanol–water partition coefficient (Wildman–Crippen LogP) is 2.97. The molecule has 0 saturated heterocycles. The van der Waals surface area contributed by atoms with Crippen LogP contribution in [0.3, 0.4) is 0 Å². The zero-order valence-electron chi connectivity index (χ0n) is 10.4. The normalized spacial score (nSPS) is 26.8. The zero-order valence-corrected chi connectivity index (χ0v) is 10.4. The van der Waals surface area contributed by atoms with Crippen molar-refractivity contribution < 1.29 is 4.74 Å². The highest BCUT2D eigenvalue weighted by Gasteiger charge is 2.19. The largest absolute Gasteiger partial charge is 0.385 e. The standard InChI is InChI=1S/C13H27NO/c1-12-8-4-5-9-13(12)14-10-6-3-7-11-15-2/h12-14H,3-11H2,1-2H3. The maximum Gasteiger partial charge on any atom is 0.0462 e. The number of methoxy groups -OCH3 is 1. The van der Waals surface area contributed by atoms with E-state index in [4.69, 9.17) is 4.74 Å². The summed E-state index contributed by atoms with van der Waals surface area (Å²) in [5.41, 5.74) is 0. The third kappa shape index (κ3) is 5.53. The lowest BCUT2D eigenvalue weighted by Gasteiger charge is -2.29. The Morgan fingerprint density at radius 3 is 2.67 bits per heavy atom. The van der Waals surface area contributed by atoms with E-state index in [1.807, 2.05) is 0 Å². The molecule has 1 fully saturated rings. The maximum atomic E-state index is 5.04. The monoisotopic (exact) mass is 213 g/mol. The number of rotatable bonds is 7. The molecule has 2 atom stereocenters. The second-order valence-corrected chi connectivity index (χ2v) is 4.88. The van der Waals surface area contributed by atoms with Crippen LogP contribution in [-0.2, 0) is 4.74 Å². The molecule has 1 N–H and O–H groups in total. The van der Waals surface area contributed by atoms with Crippen LogP contribution in [0.4, 0.5) is 0 Å². The van der Waals surface area contributed by atoms with Gasteiger partial charge in [0.15, 0.2) is 0 Å². The van der Waals surface area contributed by atoms with Gasteiger partial charge in [-0.3, -0.25) is 0 Å². The minimum absolute atomic E-state index is 0.793. The molecule has 0 bridgehead atoms. The zero-order chi connectivity index (χ0) is 10.9. The first-order valence-corrected chi connectivity index (χ1v) is 6.57. The Kier molecular flexibility index (Phi) is 7.03. The highest BCUT2D eigenvalue weighted by molar-refractivity contribution is 4.77. The summed E-state index contributed by atoms with van der Waals surface area (Å²) >= 11 is 0. The lowest BCUT2D eigenvalue weighted by atomic mass is 9.86. The number of hydrogen-bond donors (Lipinski definition) is 1. The molecule has 0 radical (unpaired) electrons.